The molecule has 0 saturated carbocycles. The summed E-state index contributed by atoms with van der Waals surface area (Å²) in [7, 11) is 1.20. The zero-order chi connectivity index (χ0) is 11.2. The van der Waals surface area contributed by atoms with Gasteiger partial charge in [-0.25, -0.2) is 11.4 Å². The van der Waals surface area contributed by atoms with Crippen LogP contribution >= 0.6 is 0 Å². The summed E-state index contributed by atoms with van der Waals surface area (Å²) in [5.41, 5.74) is -1.41. The summed E-state index contributed by atoms with van der Waals surface area (Å²) in [6.07, 6.45) is 1.44. The zero-order valence-corrected chi connectivity index (χ0v) is 8.37. The lowest BCUT2D eigenvalue weighted by atomic mass is 9.90. The van der Waals surface area contributed by atoms with Crippen LogP contribution in [0, 0.1) is 6.57 Å². The fourth-order valence-corrected chi connectivity index (χ4v) is 1.20. The molecule has 0 radical (unpaired) electrons. The average molecular weight is 195 g/mol. The Morgan fingerprint density at radius 2 is 2.21 bits per heavy atom. The smallest absolute Gasteiger partial charge is 0.393 e. The highest BCUT2D eigenvalue weighted by atomic mass is 16.5. The molecule has 4 nitrogen and oxygen atoms in total. The average Bonchev–Trinajstić information content (AvgIpc) is 2.15. The van der Waals surface area contributed by atoms with E-state index in [0.29, 0.717) is 0 Å². The van der Waals surface area contributed by atoms with Crippen LogP contribution in [0.15, 0.2) is 12.7 Å². The molecule has 4 heteroatoms. The number of carbonyl (C=O) groups excluding carboxylic acids is 2. The van der Waals surface area contributed by atoms with E-state index in [9.17, 15) is 9.59 Å². The first-order valence-corrected chi connectivity index (χ1v) is 4.09. The third kappa shape index (κ3) is 2.70. The first-order chi connectivity index (χ1) is 6.52. The second-order valence-electron chi connectivity index (χ2n) is 3.01. The lowest BCUT2D eigenvalue weighted by Gasteiger charge is -2.15. The van der Waals surface area contributed by atoms with Gasteiger partial charge in [0.15, 0.2) is 0 Å². The predicted octanol–water partition coefficient (Wildman–Crippen LogP) is 1.37. The minimum absolute atomic E-state index is 0.128. The van der Waals surface area contributed by atoms with Gasteiger partial charge >= 0.3 is 11.5 Å². The molecule has 0 unspecified atom stereocenters. The molecule has 0 fully saturated rings. The standard InChI is InChI=1S/C10H13NO3/c1-5-6-10(11-3,7-8(2)12)9(13)14-4/h5H,1,6-7H2,2,4H3/t10-/m1/s1. The number of hydrogen-bond donors (Lipinski definition) is 0. The van der Waals surface area contributed by atoms with Crippen LogP contribution in [0.1, 0.15) is 19.8 Å². The van der Waals surface area contributed by atoms with Gasteiger partial charge in [0, 0.05) is 0 Å². The predicted molar refractivity (Wildman–Crippen MR) is 51.5 cm³/mol. The Morgan fingerprint density at radius 1 is 1.64 bits per heavy atom. The number of ketones is 1. The normalized spacial score (nSPS) is 13.5. The van der Waals surface area contributed by atoms with Gasteiger partial charge in [-0.15, -0.1) is 6.58 Å². The van der Waals surface area contributed by atoms with Crippen molar-refractivity contribution in [3.63, 3.8) is 0 Å². The number of esters is 1. The number of Topliss-reactive ketones (excluding diaryl/α,β-unsaturated/α-hetero) is 1. The van der Waals surface area contributed by atoms with Crippen molar-refractivity contribution >= 4 is 11.8 Å². The molecular formula is C10H13NO3. The van der Waals surface area contributed by atoms with Crippen molar-refractivity contribution in [3.05, 3.63) is 24.1 Å². The maximum absolute atomic E-state index is 11.4. The Balaban J connectivity index is 4.98. The monoisotopic (exact) mass is 195 g/mol. The summed E-state index contributed by atoms with van der Waals surface area (Å²) in [4.78, 5) is 25.5. The first-order valence-electron chi connectivity index (χ1n) is 4.09. The Labute approximate surface area is 83.4 Å². The van der Waals surface area contributed by atoms with E-state index in [-0.39, 0.29) is 18.6 Å². The van der Waals surface area contributed by atoms with Crippen LogP contribution in [0.2, 0.25) is 0 Å². The quantitative estimate of drug-likeness (QED) is 0.378. The molecule has 0 saturated heterocycles. The highest BCUT2D eigenvalue weighted by Crippen LogP contribution is 2.23. The second-order valence-corrected chi connectivity index (χ2v) is 3.01. The largest absolute Gasteiger partial charge is 0.463 e. The summed E-state index contributed by atoms with van der Waals surface area (Å²) in [5.74, 6) is -0.893. The molecule has 0 rings (SSSR count). The second kappa shape index (κ2) is 5.18. The molecule has 0 aliphatic carbocycles. The van der Waals surface area contributed by atoms with Gasteiger partial charge < -0.3 is 4.74 Å². The van der Waals surface area contributed by atoms with Crippen molar-refractivity contribution in [3.8, 4) is 0 Å². The van der Waals surface area contributed by atoms with E-state index in [0.717, 1.165) is 0 Å². The van der Waals surface area contributed by atoms with Gasteiger partial charge in [0.2, 0.25) is 0 Å². The Bertz CT molecular complexity index is 290. The molecule has 0 aromatic rings. The first kappa shape index (κ1) is 12.4. The summed E-state index contributed by atoms with van der Waals surface area (Å²) < 4.78 is 4.51. The number of methoxy groups -OCH3 is 1. The van der Waals surface area contributed by atoms with Gasteiger partial charge in [-0.05, 0) is 6.92 Å². The lowest BCUT2D eigenvalue weighted by Crippen LogP contribution is -2.37. The molecule has 0 spiro atoms. The van der Waals surface area contributed by atoms with Gasteiger partial charge in [-0.1, -0.05) is 6.08 Å². The number of rotatable bonds is 5. The van der Waals surface area contributed by atoms with Crippen molar-refractivity contribution < 1.29 is 14.3 Å². The third-order valence-corrected chi connectivity index (χ3v) is 1.80. The van der Waals surface area contributed by atoms with Gasteiger partial charge in [0.1, 0.15) is 5.78 Å². The zero-order valence-electron chi connectivity index (χ0n) is 8.37. The number of carbonyl (C=O) groups is 2. The molecule has 0 aliphatic heterocycles. The molecule has 0 aromatic heterocycles. The van der Waals surface area contributed by atoms with Gasteiger partial charge in [0.25, 0.3) is 0 Å². The molecule has 0 aliphatic rings. The van der Waals surface area contributed by atoms with E-state index in [2.05, 4.69) is 16.2 Å². The van der Waals surface area contributed by atoms with Gasteiger partial charge in [-0.2, -0.15) is 0 Å². The molecule has 14 heavy (non-hydrogen) atoms. The van der Waals surface area contributed by atoms with E-state index in [1.54, 1.807) is 0 Å². The van der Waals surface area contributed by atoms with Crippen LogP contribution in [-0.2, 0) is 14.3 Å². The van der Waals surface area contributed by atoms with E-state index in [4.69, 9.17) is 6.57 Å². The van der Waals surface area contributed by atoms with Crippen LogP contribution in [0.3, 0.4) is 0 Å². The Morgan fingerprint density at radius 3 is 2.50 bits per heavy atom. The van der Waals surface area contributed by atoms with E-state index < -0.39 is 11.5 Å². The summed E-state index contributed by atoms with van der Waals surface area (Å²) in [5, 5.41) is 0. The fourth-order valence-electron chi connectivity index (χ4n) is 1.20. The van der Waals surface area contributed by atoms with Crippen LogP contribution in [0.25, 0.3) is 4.85 Å². The highest BCUT2D eigenvalue weighted by molar-refractivity contribution is 5.90. The van der Waals surface area contributed by atoms with E-state index >= 15 is 0 Å². The summed E-state index contributed by atoms with van der Waals surface area (Å²) >= 11 is 0. The van der Waals surface area contributed by atoms with E-state index in [1.807, 2.05) is 0 Å². The number of hydrogen-bond acceptors (Lipinski definition) is 3. The lowest BCUT2D eigenvalue weighted by molar-refractivity contribution is -0.146. The SMILES string of the molecule is [C-]#[N+][C@](CC=C)(CC(C)=O)C(=O)OC. The van der Waals surface area contributed by atoms with Gasteiger partial charge in [0.05, 0.1) is 20.0 Å². The minimum atomic E-state index is -1.41. The van der Waals surface area contributed by atoms with Crippen molar-refractivity contribution in [1.29, 1.82) is 0 Å². The number of ether oxygens (including phenoxy) is 1. The van der Waals surface area contributed by atoms with Crippen LogP contribution in [-0.4, -0.2) is 24.4 Å². The van der Waals surface area contributed by atoms with Crippen LogP contribution in [0.5, 0.6) is 0 Å². The summed E-state index contributed by atoms with van der Waals surface area (Å²) in [6.45, 7) is 11.8. The molecule has 0 aromatic carbocycles. The molecule has 0 heterocycles. The molecular weight excluding hydrogens is 182 g/mol. The van der Waals surface area contributed by atoms with Crippen LogP contribution < -0.4 is 0 Å². The molecule has 1 atom stereocenters. The van der Waals surface area contributed by atoms with Crippen LogP contribution in [0.4, 0.5) is 0 Å². The molecule has 0 N–H and O–H groups in total. The minimum Gasteiger partial charge on any atom is -0.463 e. The van der Waals surface area contributed by atoms with Crippen molar-refractivity contribution in [2.75, 3.05) is 7.11 Å². The molecule has 0 bridgehead atoms. The maximum atomic E-state index is 11.4. The van der Waals surface area contributed by atoms with Gasteiger partial charge in [-0.3, -0.25) is 9.64 Å². The van der Waals surface area contributed by atoms with Crippen molar-refractivity contribution in [2.24, 2.45) is 0 Å². The van der Waals surface area contributed by atoms with Crippen molar-refractivity contribution in [2.45, 2.75) is 25.3 Å². The maximum Gasteiger partial charge on any atom is 0.393 e. The van der Waals surface area contributed by atoms with E-state index in [1.165, 1.54) is 20.1 Å². The Hall–Kier alpha value is -1.63. The third-order valence-electron chi connectivity index (χ3n) is 1.80. The molecule has 0 amide bonds. The summed E-state index contributed by atoms with van der Waals surface area (Å²) in [6, 6.07) is 0. The highest BCUT2D eigenvalue weighted by Gasteiger charge is 2.46. The van der Waals surface area contributed by atoms with Crippen molar-refractivity contribution in [1.82, 2.24) is 0 Å². The fraction of sp³-hybridized carbons (Fsp3) is 0.500. The Kier molecular flexibility index (Phi) is 4.57. The number of nitrogens with zero attached hydrogens (tertiary/aromatic N) is 1. The molecule has 76 valence electrons. The topological polar surface area (TPSA) is 47.7 Å².